The van der Waals surface area contributed by atoms with Crippen LogP contribution in [0.2, 0.25) is 0 Å². The molecule has 1 fully saturated rings. The summed E-state index contributed by atoms with van der Waals surface area (Å²) >= 11 is 0. The average Bonchev–Trinajstić information content (AvgIpc) is 2.75. The van der Waals surface area contributed by atoms with Crippen molar-refractivity contribution in [3.8, 4) is 0 Å². The third-order valence-corrected chi connectivity index (χ3v) is 5.63. The lowest BCUT2D eigenvalue weighted by Crippen LogP contribution is -2.45. The van der Waals surface area contributed by atoms with Crippen LogP contribution in [0.25, 0.3) is 17.0 Å². The molecule has 0 N–H and O–H groups in total. The molecular formula is C25H28N2O2. The Hall–Kier alpha value is -2.69. The van der Waals surface area contributed by atoms with Crippen LogP contribution >= 0.6 is 0 Å². The highest BCUT2D eigenvalue weighted by atomic mass is 16.4. The van der Waals surface area contributed by atoms with E-state index in [0.29, 0.717) is 5.58 Å². The quantitative estimate of drug-likeness (QED) is 0.594. The lowest BCUT2D eigenvalue weighted by Gasteiger charge is -2.34. The van der Waals surface area contributed by atoms with Crippen molar-refractivity contribution in [1.82, 2.24) is 9.80 Å². The van der Waals surface area contributed by atoms with Gasteiger partial charge in [-0.05, 0) is 35.2 Å². The SMILES string of the molecule is CCc1ccc2oc(=O)cc(CN3CCN(C/C=C/c4ccccc4)CC3)c2c1. The Morgan fingerprint density at radius 3 is 2.48 bits per heavy atom. The predicted molar refractivity (Wildman–Crippen MR) is 119 cm³/mol. The molecule has 0 aliphatic carbocycles. The van der Waals surface area contributed by atoms with Crippen LogP contribution in [-0.2, 0) is 13.0 Å². The number of piperazine rings is 1. The summed E-state index contributed by atoms with van der Waals surface area (Å²) in [5.74, 6) is 0. The summed E-state index contributed by atoms with van der Waals surface area (Å²) < 4.78 is 5.40. The Morgan fingerprint density at radius 2 is 1.72 bits per heavy atom. The lowest BCUT2D eigenvalue weighted by molar-refractivity contribution is 0.137. The molecule has 4 heteroatoms. The molecule has 1 saturated heterocycles. The van der Waals surface area contributed by atoms with Crippen LogP contribution < -0.4 is 5.63 Å². The Labute approximate surface area is 172 Å². The fourth-order valence-corrected chi connectivity index (χ4v) is 3.90. The highest BCUT2D eigenvalue weighted by Gasteiger charge is 2.17. The van der Waals surface area contributed by atoms with E-state index in [-0.39, 0.29) is 5.63 Å². The Kier molecular flexibility index (Phi) is 6.23. The fourth-order valence-electron chi connectivity index (χ4n) is 3.90. The van der Waals surface area contributed by atoms with E-state index in [1.165, 1.54) is 11.1 Å². The Morgan fingerprint density at radius 1 is 0.966 bits per heavy atom. The van der Waals surface area contributed by atoms with E-state index in [0.717, 1.165) is 56.6 Å². The van der Waals surface area contributed by atoms with Crippen LogP contribution in [-0.4, -0.2) is 42.5 Å². The highest BCUT2D eigenvalue weighted by molar-refractivity contribution is 5.80. The van der Waals surface area contributed by atoms with Crippen LogP contribution in [0.4, 0.5) is 0 Å². The van der Waals surface area contributed by atoms with Crippen molar-refractivity contribution in [2.24, 2.45) is 0 Å². The maximum absolute atomic E-state index is 12.0. The molecule has 1 aliphatic rings. The zero-order valence-electron chi connectivity index (χ0n) is 17.0. The molecule has 4 rings (SSSR count). The van der Waals surface area contributed by atoms with Crippen molar-refractivity contribution in [1.29, 1.82) is 0 Å². The molecule has 2 aromatic carbocycles. The molecule has 0 amide bonds. The van der Waals surface area contributed by atoms with E-state index in [9.17, 15) is 4.79 Å². The summed E-state index contributed by atoms with van der Waals surface area (Å²) in [7, 11) is 0. The molecule has 0 radical (unpaired) electrons. The first kappa shape index (κ1) is 19.6. The minimum atomic E-state index is -0.263. The minimum Gasteiger partial charge on any atom is -0.423 e. The first-order valence-electron chi connectivity index (χ1n) is 10.4. The van der Waals surface area contributed by atoms with E-state index in [4.69, 9.17) is 4.42 Å². The number of hydrogen-bond donors (Lipinski definition) is 0. The van der Waals surface area contributed by atoms with E-state index in [2.05, 4.69) is 59.2 Å². The number of fused-ring (bicyclic) bond motifs is 1. The van der Waals surface area contributed by atoms with Gasteiger partial charge in [0.25, 0.3) is 0 Å². The maximum atomic E-state index is 12.0. The second-order valence-corrected chi connectivity index (χ2v) is 7.66. The molecule has 3 aromatic rings. The van der Waals surface area contributed by atoms with Gasteiger partial charge in [-0.25, -0.2) is 4.79 Å². The summed E-state index contributed by atoms with van der Waals surface area (Å²) in [6, 6.07) is 18.2. The molecule has 0 bridgehead atoms. The molecule has 29 heavy (non-hydrogen) atoms. The number of benzene rings is 2. The van der Waals surface area contributed by atoms with Crippen molar-refractivity contribution >= 4 is 17.0 Å². The van der Waals surface area contributed by atoms with Gasteiger partial charge in [-0.1, -0.05) is 55.5 Å². The summed E-state index contributed by atoms with van der Waals surface area (Å²) in [6.45, 7) is 8.01. The zero-order valence-corrected chi connectivity index (χ0v) is 17.0. The number of rotatable bonds is 6. The first-order valence-corrected chi connectivity index (χ1v) is 10.4. The molecule has 2 heterocycles. The van der Waals surface area contributed by atoms with Crippen molar-refractivity contribution in [3.63, 3.8) is 0 Å². The molecule has 0 atom stereocenters. The molecule has 0 unspecified atom stereocenters. The molecule has 4 nitrogen and oxygen atoms in total. The van der Waals surface area contributed by atoms with Crippen molar-refractivity contribution in [3.05, 3.63) is 87.8 Å². The number of hydrogen-bond acceptors (Lipinski definition) is 4. The summed E-state index contributed by atoms with van der Waals surface area (Å²) in [4.78, 5) is 16.9. The van der Waals surface area contributed by atoms with Gasteiger partial charge >= 0.3 is 5.63 Å². The van der Waals surface area contributed by atoms with Gasteiger partial charge < -0.3 is 4.42 Å². The zero-order chi connectivity index (χ0) is 20.1. The predicted octanol–water partition coefficient (Wildman–Crippen LogP) is 4.19. The third-order valence-electron chi connectivity index (χ3n) is 5.63. The smallest absolute Gasteiger partial charge is 0.336 e. The van der Waals surface area contributed by atoms with Gasteiger partial charge in [0.1, 0.15) is 5.58 Å². The molecule has 0 spiro atoms. The first-order chi connectivity index (χ1) is 14.2. The van der Waals surface area contributed by atoms with Gasteiger partial charge in [0.05, 0.1) is 0 Å². The third kappa shape index (κ3) is 5.03. The van der Waals surface area contributed by atoms with Crippen molar-refractivity contribution < 1.29 is 4.42 Å². The van der Waals surface area contributed by atoms with Crippen molar-refractivity contribution in [2.45, 2.75) is 19.9 Å². The molecular weight excluding hydrogens is 360 g/mol. The Bertz CT molecular complexity index is 1030. The normalized spacial score (nSPS) is 16.0. The molecule has 1 aliphatic heterocycles. The second-order valence-electron chi connectivity index (χ2n) is 7.66. The van der Waals surface area contributed by atoms with E-state index < -0.39 is 0 Å². The second kappa shape index (κ2) is 9.21. The lowest BCUT2D eigenvalue weighted by atomic mass is 10.0. The van der Waals surface area contributed by atoms with Crippen LogP contribution in [0, 0.1) is 0 Å². The van der Waals surface area contributed by atoms with Gasteiger partial charge in [-0.15, -0.1) is 0 Å². The van der Waals surface area contributed by atoms with E-state index in [1.807, 2.05) is 18.2 Å². The van der Waals surface area contributed by atoms with Gasteiger partial charge in [0, 0.05) is 50.7 Å². The van der Waals surface area contributed by atoms with Gasteiger partial charge in [-0.2, -0.15) is 0 Å². The molecule has 0 saturated carbocycles. The number of aryl methyl sites for hydroxylation is 1. The van der Waals surface area contributed by atoms with Gasteiger partial charge in [0.2, 0.25) is 0 Å². The molecule has 150 valence electrons. The summed E-state index contributed by atoms with van der Waals surface area (Å²) in [5.41, 5.74) is 4.01. The largest absolute Gasteiger partial charge is 0.423 e. The maximum Gasteiger partial charge on any atom is 0.336 e. The van der Waals surface area contributed by atoms with E-state index in [1.54, 1.807) is 6.07 Å². The van der Waals surface area contributed by atoms with Gasteiger partial charge in [-0.3, -0.25) is 9.80 Å². The van der Waals surface area contributed by atoms with Crippen molar-refractivity contribution in [2.75, 3.05) is 32.7 Å². The van der Waals surface area contributed by atoms with Crippen LogP contribution in [0.15, 0.2) is 69.9 Å². The minimum absolute atomic E-state index is 0.263. The van der Waals surface area contributed by atoms with E-state index >= 15 is 0 Å². The van der Waals surface area contributed by atoms with Crippen LogP contribution in [0.5, 0.6) is 0 Å². The topological polar surface area (TPSA) is 36.7 Å². The summed E-state index contributed by atoms with van der Waals surface area (Å²) in [5, 5.41) is 1.07. The van der Waals surface area contributed by atoms with Crippen LogP contribution in [0.3, 0.4) is 0 Å². The number of nitrogens with zero attached hydrogens (tertiary/aromatic N) is 2. The summed E-state index contributed by atoms with van der Waals surface area (Å²) in [6.07, 6.45) is 5.41. The monoisotopic (exact) mass is 388 g/mol. The molecule has 1 aromatic heterocycles. The fraction of sp³-hybridized carbons (Fsp3) is 0.320. The van der Waals surface area contributed by atoms with Gasteiger partial charge in [0.15, 0.2) is 0 Å². The standard InChI is InChI=1S/C25H28N2O2/c1-2-20-10-11-24-23(17-20)22(18-25(28)29-24)19-27-15-13-26(14-16-27)12-6-9-21-7-4-3-5-8-21/h3-11,17-18H,2,12-16,19H2,1H3/b9-6+. The highest BCUT2D eigenvalue weighted by Crippen LogP contribution is 2.21. The van der Waals surface area contributed by atoms with Crippen LogP contribution in [0.1, 0.15) is 23.6 Å². The average molecular weight is 389 g/mol. The Balaban J connectivity index is 1.37.